The number of thioether (sulfide) groups is 1. The van der Waals surface area contributed by atoms with Gasteiger partial charge in [-0.2, -0.15) is 5.10 Å². The summed E-state index contributed by atoms with van der Waals surface area (Å²) in [5, 5.41) is 11.5. The Bertz CT molecular complexity index is 758. The van der Waals surface area contributed by atoms with Gasteiger partial charge in [-0.15, -0.1) is 5.10 Å². The number of H-pyrrole nitrogens is 1. The predicted octanol–water partition coefficient (Wildman–Crippen LogP) is 1.59. The van der Waals surface area contributed by atoms with E-state index < -0.39 is 0 Å². The minimum Gasteiger partial charge on any atom is -0.273 e. The van der Waals surface area contributed by atoms with Crippen LogP contribution in [0.25, 0.3) is 5.69 Å². The third kappa shape index (κ3) is 2.53. The van der Waals surface area contributed by atoms with E-state index in [0.717, 1.165) is 11.4 Å². The van der Waals surface area contributed by atoms with Gasteiger partial charge in [0.25, 0.3) is 0 Å². The summed E-state index contributed by atoms with van der Waals surface area (Å²) in [7, 11) is 1.69. The Labute approximate surface area is 119 Å². The van der Waals surface area contributed by atoms with Gasteiger partial charge in [-0.25, -0.2) is 14.6 Å². The zero-order valence-electron chi connectivity index (χ0n) is 10.9. The molecule has 0 amide bonds. The van der Waals surface area contributed by atoms with Crippen molar-refractivity contribution in [2.45, 2.75) is 10.9 Å². The second kappa shape index (κ2) is 5.38. The van der Waals surface area contributed by atoms with Gasteiger partial charge in [-0.3, -0.25) is 4.57 Å². The van der Waals surface area contributed by atoms with Gasteiger partial charge in [-0.1, -0.05) is 30.0 Å². The molecule has 0 saturated heterocycles. The van der Waals surface area contributed by atoms with Crippen molar-refractivity contribution in [3.05, 3.63) is 58.8 Å². The molecule has 0 fully saturated rings. The summed E-state index contributed by atoms with van der Waals surface area (Å²) in [6.45, 7) is 0. The van der Waals surface area contributed by atoms with E-state index in [2.05, 4.69) is 15.3 Å². The number of nitrogens with zero attached hydrogens (tertiary/aromatic N) is 4. The lowest BCUT2D eigenvalue weighted by atomic mass is 10.3. The molecule has 0 aliphatic rings. The SMILES string of the molecule is Cn1c(SCc2ccn(-c3ccccc3)n2)n[nH]c1=O. The van der Waals surface area contributed by atoms with E-state index in [0.29, 0.717) is 10.9 Å². The van der Waals surface area contributed by atoms with Crippen LogP contribution in [0.4, 0.5) is 0 Å². The molecule has 3 aromatic rings. The number of benzene rings is 1. The summed E-state index contributed by atoms with van der Waals surface area (Å²) >= 11 is 1.47. The van der Waals surface area contributed by atoms with Crippen LogP contribution < -0.4 is 5.69 Å². The number of hydrogen-bond acceptors (Lipinski definition) is 4. The Morgan fingerprint density at radius 2 is 2.05 bits per heavy atom. The second-order valence-electron chi connectivity index (χ2n) is 4.25. The summed E-state index contributed by atoms with van der Waals surface area (Å²) in [5.41, 5.74) is 1.76. The molecule has 0 spiro atoms. The maximum absolute atomic E-state index is 11.3. The van der Waals surface area contributed by atoms with E-state index in [1.165, 1.54) is 16.3 Å². The highest BCUT2D eigenvalue weighted by Gasteiger charge is 2.07. The van der Waals surface area contributed by atoms with Crippen molar-refractivity contribution >= 4 is 11.8 Å². The first kappa shape index (κ1) is 12.7. The molecule has 2 heterocycles. The monoisotopic (exact) mass is 287 g/mol. The molecular formula is C13H13N5OS. The fraction of sp³-hybridized carbons (Fsp3) is 0.154. The predicted molar refractivity (Wildman–Crippen MR) is 77.0 cm³/mol. The van der Waals surface area contributed by atoms with Crippen LogP contribution in [0, 0.1) is 0 Å². The lowest BCUT2D eigenvalue weighted by Gasteiger charge is -2.00. The van der Waals surface area contributed by atoms with Gasteiger partial charge in [0.15, 0.2) is 5.16 Å². The fourth-order valence-corrected chi connectivity index (χ4v) is 2.58. The van der Waals surface area contributed by atoms with Crippen LogP contribution in [0.3, 0.4) is 0 Å². The minimum atomic E-state index is -0.206. The number of nitrogens with one attached hydrogen (secondary N) is 1. The van der Waals surface area contributed by atoms with E-state index in [4.69, 9.17) is 0 Å². The smallest absolute Gasteiger partial charge is 0.273 e. The lowest BCUT2D eigenvalue weighted by Crippen LogP contribution is -2.12. The van der Waals surface area contributed by atoms with Crippen molar-refractivity contribution in [3.63, 3.8) is 0 Å². The molecule has 20 heavy (non-hydrogen) atoms. The highest BCUT2D eigenvalue weighted by Crippen LogP contribution is 2.18. The Morgan fingerprint density at radius 3 is 2.75 bits per heavy atom. The normalized spacial score (nSPS) is 10.8. The topological polar surface area (TPSA) is 68.5 Å². The van der Waals surface area contributed by atoms with Gasteiger partial charge < -0.3 is 0 Å². The van der Waals surface area contributed by atoms with Crippen LogP contribution in [-0.4, -0.2) is 24.5 Å². The third-order valence-corrected chi connectivity index (χ3v) is 3.92. The average Bonchev–Trinajstić information content (AvgIpc) is 3.07. The zero-order valence-corrected chi connectivity index (χ0v) is 11.7. The quantitative estimate of drug-likeness (QED) is 0.740. The van der Waals surface area contributed by atoms with Gasteiger partial charge in [-0.05, 0) is 18.2 Å². The van der Waals surface area contributed by atoms with Gasteiger partial charge >= 0.3 is 5.69 Å². The third-order valence-electron chi connectivity index (χ3n) is 2.85. The van der Waals surface area contributed by atoms with Crippen LogP contribution in [-0.2, 0) is 12.8 Å². The van der Waals surface area contributed by atoms with Crippen molar-refractivity contribution in [2.24, 2.45) is 7.05 Å². The molecule has 0 bridgehead atoms. The molecule has 3 rings (SSSR count). The van der Waals surface area contributed by atoms with Crippen LogP contribution >= 0.6 is 11.8 Å². The van der Waals surface area contributed by atoms with Crippen molar-refractivity contribution in [3.8, 4) is 5.69 Å². The lowest BCUT2D eigenvalue weighted by molar-refractivity contribution is 0.765. The van der Waals surface area contributed by atoms with E-state index >= 15 is 0 Å². The molecule has 0 unspecified atom stereocenters. The molecule has 0 radical (unpaired) electrons. The summed E-state index contributed by atoms with van der Waals surface area (Å²) in [5.74, 6) is 0.665. The largest absolute Gasteiger partial charge is 0.343 e. The number of aromatic amines is 1. The van der Waals surface area contributed by atoms with Crippen molar-refractivity contribution in [2.75, 3.05) is 0 Å². The van der Waals surface area contributed by atoms with Crippen molar-refractivity contribution in [1.82, 2.24) is 24.5 Å². The molecule has 0 saturated carbocycles. The summed E-state index contributed by atoms with van der Waals surface area (Å²) in [6, 6.07) is 11.9. The summed E-state index contributed by atoms with van der Waals surface area (Å²) < 4.78 is 3.32. The number of rotatable bonds is 4. The average molecular weight is 287 g/mol. The Morgan fingerprint density at radius 1 is 1.25 bits per heavy atom. The minimum absolute atomic E-state index is 0.206. The van der Waals surface area contributed by atoms with Crippen molar-refractivity contribution in [1.29, 1.82) is 0 Å². The van der Waals surface area contributed by atoms with Crippen LogP contribution in [0.15, 0.2) is 52.5 Å². The maximum atomic E-state index is 11.3. The second-order valence-corrected chi connectivity index (χ2v) is 5.19. The van der Waals surface area contributed by atoms with Crippen LogP contribution in [0.1, 0.15) is 5.69 Å². The number of aromatic nitrogens is 5. The summed E-state index contributed by atoms with van der Waals surface area (Å²) in [6.07, 6.45) is 1.93. The molecule has 1 N–H and O–H groups in total. The summed E-state index contributed by atoms with van der Waals surface area (Å²) in [4.78, 5) is 11.3. The molecule has 1 aromatic carbocycles. The number of hydrogen-bond donors (Lipinski definition) is 1. The van der Waals surface area contributed by atoms with E-state index in [9.17, 15) is 4.79 Å². The maximum Gasteiger partial charge on any atom is 0.343 e. The van der Waals surface area contributed by atoms with Crippen LogP contribution in [0.5, 0.6) is 0 Å². The highest BCUT2D eigenvalue weighted by molar-refractivity contribution is 7.98. The molecule has 102 valence electrons. The molecular weight excluding hydrogens is 274 g/mol. The van der Waals surface area contributed by atoms with Gasteiger partial charge in [0.1, 0.15) is 0 Å². The number of para-hydroxylation sites is 1. The van der Waals surface area contributed by atoms with E-state index in [1.807, 2.05) is 47.3 Å². The Kier molecular flexibility index (Phi) is 3.42. The molecule has 0 aliphatic heterocycles. The Hall–Kier alpha value is -2.28. The first-order valence-corrected chi connectivity index (χ1v) is 7.07. The molecule has 6 nitrogen and oxygen atoms in total. The molecule has 0 aliphatic carbocycles. The van der Waals surface area contributed by atoms with Gasteiger partial charge in [0.2, 0.25) is 0 Å². The molecule has 2 aromatic heterocycles. The first-order chi connectivity index (χ1) is 9.74. The van der Waals surface area contributed by atoms with E-state index in [-0.39, 0.29) is 5.69 Å². The fourth-order valence-electron chi connectivity index (χ4n) is 1.76. The standard InChI is InChI=1S/C13H13N5OS/c1-17-12(19)14-15-13(17)20-9-10-7-8-18(16-10)11-5-3-2-4-6-11/h2-8H,9H2,1H3,(H,14,19). The van der Waals surface area contributed by atoms with Gasteiger partial charge in [0.05, 0.1) is 11.4 Å². The Balaban J connectivity index is 1.72. The molecule has 7 heteroatoms. The van der Waals surface area contributed by atoms with Crippen molar-refractivity contribution < 1.29 is 0 Å². The molecule has 0 atom stereocenters. The highest BCUT2D eigenvalue weighted by atomic mass is 32.2. The zero-order chi connectivity index (χ0) is 13.9. The van der Waals surface area contributed by atoms with Crippen LogP contribution in [0.2, 0.25) is 0 Å². The van der Waals surface area contributed by atoms with Gasteiger partial charge in [0, 0.05) is 19.0 Å². The van der Waals surface area contributed by atoms with E-state index in [1.54, 1.807) is 7.05 Å². The first-order valence-electron chi connectivity index (χ1n) is 6.08.